The van der Waals surface area contributed by atoms with Crippen LogP contribution in [-0.2, 0) is 4.84 Å². The van der Waals surface area contributed by atoms with Crippen molar-refractivity contribution in [2.75, 3.05) is 26.8 Å². The Morgan fingerprint density at radius 1 is 1.55 bits per heavy atom. The van der Waals surface area contributed by atoms with E-state index in [2.05, 4.69) is 0 Å². The molecule has 3 N–H and O–H groups in total. The first-order chi connectivity index (χ1) is 5.20. The number of hydrogen-bond acceptors (Lipinski definition) is 4. The quantitative estimate of drug-likeness (QED) is 0.562. The van der Waals surface area contributed by atoms with Crippen LogP contribution in [0.2, 0.25) is 0 Å². The molecule has 0 radical (unpaired) electrons. The summed E-state index contributed by atoms with van der Waals surface area (Å²) in [7, 11) is 1.66. The van der Waals surface area contributed by atoms with Crippen LogP contribution >= 0.6 is 0 Å². The Labute approximate surface area is 66.9 Å². The second kappa shape index (κ2) is 3.49. The third kappa shape index (κ3) is 2.13. The van der Waals surface area contributed by atoms with Crippen LogP contribution < -0.4 is 5.73 Å². The van der Waals surface area contributed by atoms with Gasteiger partial charge in [0.2, 0.25) is 0 Å². The van der Waals surface area contributed by atoms with Crippen molar-refractivity contribution in [3.05, 3.63) is 0 Å². The van der Waals surface area contributed by atoms with E-state index in [1.807, 2.05) is 5.06 Å². The minimum absolute atomic E-state index is 0.0740. The molecule has 0 spiro atoms. The maximum absolute atomic E-state index is 8.92. The lowest BCUT2D eigenvalue weighted by Gasteiger charge is -2.36. The number of piperidine rings is 1. The first kappa shape index (κ1) is 8.93. The van der Waals surface area contributed by atoms with Crippen LogP contribution in [0.4, 0.5) is 0 Å². The molecule has 1 aliphatic heterocycles. The molecule has 1 saturated heterocycles. The lowest BCUT2D eigenvalue weighted by Crippen LogP contribution is -2.52. The number of hydrogen-bond donors (Lipinski definition) is 2. The van der Waals surface area contributed by atoms with Gasteiger partial charge in [-0.25, -0.2) is 0 Å². The van der Waals surface area contributed by atoms with E-state index >= 15 is 0 Å². The molecular formula is C7H16N2O2. The van der Waals surface area contributed by atoms with E-state index in [1.54, 1.807) is 7.11 Å². The summed E-state index contributed by atoms with van der Waals surface area (Å²) in [5.41, 5.74) is 5.48. The molecule has 1 fully saturated rings. The summed E-state index contributed by atoms with van der Waals surface area (Å²) >= 11 is 0. The standard InChI is InChI=1S/C7H16N2O2/c1-11-9-4-2-7(8,6-10)3-5-9/h10H,2-6,8H2,1H3. The van der Waals surface area contributed by atoms with Gasteiger partial charge in [-0.2, -0.15) is 5.06 Å². The fourth-order valence-electron chi connectivity index (χ4n) is 1.27. The first-order valence-electron chi connectivity index (χ1n) is 3.89. The Morgan fingerprint density at radius 2 is 2.09 bits per heavy atom. The van der Waals surface area contributed by atoms with Crippen LogP contribution in [0.15, 0.2) is 0 Å². The van der Waals surface area contributed by atoms with Gasteiger partial charge in [0.1, 0.15) is 0 Å². The molecular weight excluding hydrogens is 144 g/mol. The highest BCUT2D eigenvalue weighted by atomic mass is 16.7. The summed E-state index contributed by atoms with van der Waals surface area (Å²) in [4.78, 5) is 5.03. The van der Waals surface area contributed by atoms with Gasteiger partial charge in [0.25, 0.3) is 0 Å². The van der Waals surface area contributed by atoms with Crippen LogP contribution in [0, 0.1) is 0 Å². The minimum Gasteiger partial charge on any atom is -0.394 e. The summed E-state index contributed by atoms with van der Waals surface area (Å²) in [6.45, 7) is 1.70. The Hall–Kier alpha value is -0.160. The molecule has 0 aliphatic carbocycles. The van der Waals surface area contributed by atoms with Gasteiger partial charge in [-0.15, -0.1) is 0 Å². The molecule has 0 unspecified atom stereocenters. The fraction of sp³-hybridized carbons (Fsp3) is 1.00. The summed E-state index contributed by atoms with van der Waals surface area (Å²) in [5, 5.41) is 10.8. The third-order valence-corrected chi connectivity index (χ3v) is 2.29. The zero-order valence-corrected chi connectivity index (χ0v) is 6.92. The normalized spacial score (nSPS) is 25.4. The highest BCUT2D eigenvalue weighted by molar-refractivity contribution is 4.87. The minimum atomic E-state index is -0.366. The largest absolute Gasteiger partial charge is 0.394 e. The van der Waals surface area contributed by atoms with Crippen LogP contribution in [0.5, 0.6) is 0 Å². The van der Waals surface area contributed by atoms with Gasteiger partial charge in [0, 0.05) is 18.6 Å². The van der Waals surface area contributed by atoms with E-state index in [0.717, 1.165) is 25.9 Å². The highest BCUT2D eigenvalue weighted by Gasteiger charge is 2.29. The molecule has 0 saturated carbocycles. The van der Waals surface area contributed by atoms with Gasteiger partial charge in [0.15, 0.2) is 0 Å². The van der Waals surface area contributed by atoms with E-state index in [1.165, 1.54) is 0 Å². The second-order valence-corrected chi connectivity index (χ2v) is 3.13. The van der Waals surface area contributed by atoms with Crippen molar-refractivity contribution in [1.29, 1.82) is 0 Å². The highest BCUT2D eigenvalue weighted by Crippen LogP contribution is 2.18. The van der Waals surface area contributed by atoms with Crippen LogP contribution in [0.1, 0.15) is 12.8 Å². The number of hydroxylamine groups is 2. The molecule has 0 aromatic heterocycles. The van der Waals surface area contributed by atoms with Crippen molar-refractivity contribution >= 4 is 0 Å². The SMILES string of the molecule is CON1CCC(N)(CO)CC1. The summed E-state index contributed by atoms with van der Waals surface area (Å²) in [6, 6.07) is 0. The van der Waals surface area contributed by atoms with Gasteiger partial charge in [-0.3, -0.25) is 0 Å². The lowest BCUT2D eigenvalue weighted by atomic mass is 9.90. The van der Waals surface area contributed by atoms with E-state index in [4.69, 9.17) is 15.7 Å². The van der Waals surface area contributed by atoms with Crippen molar-refractivity contribution < 1.29 is 9.94 Å². The number of aliphatic hydroxyl groups is 1. The average Bonchev–Trinajstić information content (AvgIpc) is 2.06. The zero-order chi connectivity index (χ0) is 8.32. The predicted octanol–water partition coefficient (Wildman–Crippen LogP) is -0.667. The van der Waals surface area contributed by atoms with Crippen molar-refractivity contribution in [2.24, 2.45) is 5.73 Å². The summed E-state index contributed by atoms with van der Waals surface area (Å²) in [6.07, 6.45) is 1.61. The molecule has 4 nitrogen and oxygen atoms in total. The van der Waals surface area contributed by atoms with Gasteiger partial charge in [0.05, 0.1) is 13.7 Å². The van der Waals surface area contributed by atoms with Crippen molar-refractivity contribution in [3.8, 4) is 0 Å². The molecule has 11 heavy (non-hydrogen) atoms. The van der Waals surface area contributed by atoms with Crippen molar-refractivity contribution in [2.45, 2.75) is 18.4 Å². The van der Waals surface area contributed by atoms with Crippen LogP contribution in [0.3, 0.4) is 0 Å². The van der Waals surface area contributed by atoms with Crippen molar-refractivity contribution in [1.82, 2.24) is 5.06 Å². The first-order valence-corrected chi connectivity index (χ1v) is 3.89. The molecule has 0 atom stereocenters. The van der Waals surface area contributed by atoms with E-state index in [0.29, 0.717) is 0 Å². The number of nitrogens with two attached hydrogens (primary N) is 1. The average molecular weight is 160 g/mol. The number of rotatable bonds is 2. The second-order valence-electron chi connectivity index (χ2n) is 3.13. The van der Waals surface area contributed by atoms with E-state index < -0.39 is 0 Å². The topological polar surface area (TPSA) is 58.7 Å². The molecule has 66 valence electrons. The van der Waals surface area contributed by atoms with Gasteiger partial charge >= 0.3 is 0 Å². The lowest BCUT2D eigenvalue weighted by molar-refractivity contribution is -0.152. The molecule has 0 bridgehead atoms. The maximum atomic E-state index is 8.92. The molecule has 0 amide bonds. The number of aliphatic hydroxyl groups excluding tert-OH is 1. The molecule has 0 aromatic rings. The molecule has 1 heterocycles. The van der Waals surface area contributed by atoms with E-state index in [-0.39, 0.29) is 12.1 Å². The predicted molar refractivity (Wildman–Crippen MR) is 41.8 cm³/mol. The monoisotopic (exact) mass is 160 g/mol. The summed E-state index contributed by atoms with van der Waals surface area (Å²) in [5.74, 6) is 0. The van der Waals surface area contributed by atoms with Gasteiger partial charge in [-0.05, 0) is 12.8 Å². The Balaban J connectivity index is 2.35. The summed E-state index contributed by atoms with van der Waals surface area (Å²) < 4.78 is 0. The molecule has 1 aliphatic rings. The van der Waals surface area contributed by atoms with Gasteiger partial charge in [-0.1, -0.05) is 0 Å². The van der Waals surface area contributed by atoms with Gasteiger partial charge < -0.3 is 15.7 Å². The van der Waals surface area contributed by atoms with E-state index in [9.17, 15) is 0 Å². The fourth-order valence-corrected chi connectivity index (χ4v) is 1.27. The third-order valence-electron chi connectivity index (χ3n) is 2.29. The zero-order valence-electron chi connectivity index (χ0n) is 6.92. The van der Waals surface area contributed by atoms with Crippen molar-refractivity contribution in [3.63, 3.8) is 0 Å². The Kier molecular flexibility index (Phi) is 2.84. The molecule has 4 heteroatoms. The Bertz CT molecular complexity index is 122. The molecule has 1 rings (SSSR count). The number of nitrogens with zero attached hydrogens (tertiary/aromatic N) is 1. The van der Waals surface area contributed by atoms with Crippen LogP contribution in [-0.4, -0.2) is 42.5 Å². The maximum Gasteiger partial charge on any atom is 0.0612 e. The smallest absolute Gasteiger partial charge is 0.0612 e. The molecule has 0 aromatic carbocycles. The van der Waals surface area contributed by atoms with Crippen LogP contribution in [0.25, 0.3) is 0 Å². The Morgan fingerprint density at radius 3 is 2.45 bits per heavy atom.